The number of halogens is 1. The normalized spacial score (nSPS) is 13.8. The maximum Gasteiger partial charge on any atom is 0.203 e. The van der Waals surface area contributed by atoms with Gasteiger partial charge in [-0.1, -0.05) is 48.5 Å². The van der Waals surface area contributed by atoms with Gasteiger partial charge in [-0.2, -0.15) is 0 Å². The minimum Gasteiger partial charge on any atom is -0.493 e. The van der Waals surface area contributed by atoms with Gasteiger partial charge in [0, 0.05) is 23.9 Å². The van der Waals surface area contributed by atoms with Gasteiger partial charge < -0.3 is 19.1 Å². The van der Waals surface area contributed by atoms with E-state index in [-0.39, 0.29) is 12.4 Å². The molecule has 3 aromatic carbocycles. The van der Waals surface area contributed by atoms with Crippen LogP contribution in [0.3, 0.4) is 0 Å². The van der Waals surface area contributed by atoms with E-state index in [1.54, 1.807) is 21.3 Å². The molecule has 5 rings (SSSR count). The van der Waals surface area contributed by atoms with E-state index in [1.165, 1.54) is 27.8 Å². The number of hydrogen-bond acceptors (Lipinski definition) is 5. The molecule has 0 bridgehead atoms. The Balaban J connectivity index is 0.00000274. The molecule has 0 aromatic heterocycles. The molecular weight excluding hydrogens is 448 g/mol. The van der Waals surface area contributed by atoms with E-state index >= 15 is 0 Å². The maximum absolute atomic E-state index is 5.49. The summed E-state index contributed by atoms with van der Waals surface area (Å²) in [6, 6.07) is 21.5. The van der Waals surface area contributed by atoms with Gasteiger partial charge in [0.05, 0.1) is 27.9 Å². The molecule has 3 aromatic rings. The van der Waals surface area contributed by atoms with Crippen molar-refractivity contribution < 1.29 is 14.2 Å². The van der Waals surface area contributed by atoms with E-state index in [1.807, 2.05) is 12.1 Å². The Kier molecular flexibility index (Phi) is 7.13. The van der Waals surface area contributed by atoms with Crippen molar-refractivity contribution >= 4 is 23.8 Å². The summed E-state index contributed by atoms with van der Waals surface area (Å²) in [4.78, 5) is 6.98. The lowest BCUT2D eigenvalue weighted by molar-refractivity contribution is 0.324. The lowest BCUT2D eigenvalue weighted by atomic mass is 9.90. The molecule has 2 aliphatic rings. The van der Waals surface area contributed by atoms with Crippen LogP contribution in [0.2, 0.25) is 0 Å². The van der Waals surface area contributed by atoms with Crippen LogP contribution in [0.1, 0.15) is 27.8 Å². The third-order valence-electron chi connectivity index (χ3n) is 6.31. The lowest BCUT2D eigenvalue weighted by Gasteiger charge is -2.26. The smallest absolute Gasteiger partial charge is 0.203 e. The monoisotopic (exact) mass is 476 g/mol. The Labute approximate surface area is 207 Å². The van der Waals surface area contributed by atoms with Gasteiger partial charge in [0.2, 0.25) is 5.75 Å². The Morgan fingerprint density at radius 1 is 0.794 bits per heavy atom. The van der Waals surface area contributed by atoms with Crippen LogP contribution in [-0.4, -0.2) is 45.2 Å². The fourth-order valence-corrected chi connectivity index (χ4v) is 4.61. The summed E-state index contributed by atoms with van der Waals surface area (Å²) >= 11 is 0. The SMILES string of the molecule is COc1cc(CCc2ccc(C3=CN4CCN=C4c4ccccc43)cc2)cc(OC)c1OC.Cl. The van der Waals surface area contributed by atoms with Crippen molar-refractivity contribution in [2.45, 2.75) is 12.8 Å². The first-order valence-corrected chi connectivity index (χ1v) is 11.2. The third-order valence-corrected chi connectivity index (χ3v) is 6.31. The number of amidine groups is 1. The average molecular weight is 477 g/mol. The van der Waals surface area contributed by atoms with Crippen molar-refractivity contribution in [2.75, 3.05) is 34.4 Å². The summed E-state index contributed by atoms with van der Waals surface area (Å²) in [5.41, 5.74) is 7.39. The van der Waals surface area contributed by atoms with Gasteiger partial charge in [0.1, 0.15) is 5.84 Å². The molecule has 2 heterocycles. The number of ether oxygens (including phenoxy) is 3. The second kappa shape index (κ2) is 10.2. The standard InChI is InChI=1S/C28H28N2O3.ClH/c1-31-25-16-20(17-26(32-2)27(25)33-3)9-8-19-10-12-21(13-11-19)24-18-30-15-14-29-28(30)23-7-5-4-6-22(23)24;/h4-7,10-13,16-18H,8-9,14-15H2,1-3H3;1H. The van der Waals surface area contributed by atoms with Crippen molar-refractivity contribution in [1.82, 2.24) is 4.90 Å². The molecular formula is C28H29ClN2O3. The Morgan fingerprint density at radius 3 is 2.09 bits per heavy atom. The van der Waals surface area contributed by atoms with Gasteiger partial charge in [-0.25, -0.2) is 0 Å². The molecule has 0 saturated heterocycles. The highest BCUT2D eigenvalue weighted by Gasteiger charge is 2.26. The predicted octanol–water partition coefficient (Wildman–Crippen LogP) is 5.38. The number of aliphatic imine (C=N–C) groups is 1. The van der Waals surface area contributed by atoms with Gasteiger partial charge in [0.25, 0.3) is 0 Å². The molecule has 0 spiro atoms. The summed E-state index contributed by atoms with van der Waals surface area (Å²) in [7, 11) is 4.92. The molecule has 0 unspecified atom stereocenters. The van der Waals surface area contributed by atoms with Crippen LogP contribution in [0.25, 0.3) is 5.57 Å². The minimum absolute atomic E-state index is 0. The topological polar surface area (TPSA) is 43.3 Å². The van der Waals surface area contributed by atoms with Crippen molar-refractivity contribution in [1.29, 1.82) is 0 Å². The molecule has 34 heavy (non-hydrogen) atoms. The number of rotatable bonds is 7. The van der Waals surface area contributed by atoms with Crippen LogP contribution in [0.15, 0.2) is 71.9 Å². The zero-order valence-corrected chi connectivity index (χ0v) is 20.5. The van der Waals surface area contributed by atoms with Gasteiger partial charge in [0.15, 0.2) is 11.5 Å². The van der Waals surface area contributed by atoms with Crippen LogP contribution < -0.4 is 14.2 Å². The van der Waals surface area contributed by atoms with Gasteiger partial charge in [-0.15, -0.1) is 12.4 Å². The number of nitrogens with zero attached hydrogens (tertiary/aromatic N) is 2. The molecule has 0 aliphatic carbocycles. The summed E-state index contributed by atoms with van der Waals surface area (Å²) in [6.07, 6.45) is 4.06. The Bertz CT molecular complexity index is 1210. The quantitative estimate of drug-likeness (QED) is 0.459. The number of hydrogen-bond donors (Lipinski definition) is 0. The molecule has 0 N–H and O–H groups in total. The van der Waals surface area contributed by atoms with E-state index in [2.05, 4.69) is 59.6 Å². The summed E-state index contributed by atoms with van der Waals surface area (Å²) in [5, 5.41) is 0. The second-order valence-corrected chi connectivity index (χ2v) is 8.22. The molecule has 0 radical (unpaired) electrons. The van der Waals surface area contributed by atoms with Crippen molar-refractivity contribution in [3.63, 3.8) is 0 Å². The number of methoxy groups -OCH3 is 3. The Hall–Kier alpha value is -3.44. The summed E-state index contributed by atoms with van der Waals surface area (Å²) in [6.45, 7) is 1.80. The molecule has 6 heteroatoms. The Morgan fingerprint density at radius 2 is 1.44 bits per heavy atom. The third kappa shape index (κ3) is 4.36. The number of aryl methyl sites for hydroxylation is 2. The zero-order chi connectivity index (χ0) is 22.8. The largest absolute Gasteiger partial charge is 0.493 e. The predicted molar refractivity (Wildman–Crippen MR) is 139 cm³/mol. The van der Waals surface area contributed by atoms with E-state index in [0.29, 0.717) is 17.2 Å². The van der Waals surface area contributed by atoms with Crippen LogP contribution in [-0.2, 0) is 12.8 Å². The highest BCUT2D eigenvalue weighted by molar-refractivity contribution is 6.08. The van der Waals surface area contributed by atoms with Crippen molar-refractivity contribution in [2.24, 2.45) is 4.99 Å². The second-order valence-electron chi connectivity index (χ2n) is 8.22. The number of benzene rings is 3. The van der Waals surface area contributed by atoms with Crippen molar-refractivity contribution in [3.05, 3.63) is 94.7 Å². The first kappa shape index (κ1) is 23.7. The van der Waals surface area contributed by atoms with E-state index in [9.17, 15) is 0 Å². The summed E-state index contributed by atoms with van der Waals surface area (Å²) < 4.78 is 16.4. The average Bonchev–Trinajstić information content (AvgIpc) is 3.35. The van der Waals surface area contributed by atoms with E-state index in [4.69, 9.17) is 19.2 Å². The first-order chi connectivity index (χ1) is 16.2. The summed E-state index contributed by atoms with van der Waals surface area (Å²) in [5.74, 6) is 3.10. The lowest BCUT2D eigenvalue weighted by Crippen LogP contribution is -2.27. The molecule has 0 atom stereocenters. The minimum atomic E-state index is 0. The van der Waals surface area contributed by atoms with Crippen molar-refractivity contribution in [3.8, 4) is 17.2 Å². The number of fused-ring (bicyclic) bond motifs is 3. The zero-order valence-electron chi connectivity index (χ0n) is 19.7. The van der Waals surface area contributed by atoms with Crippen LogP contribution in [0.5, 0.6) is 17.2 Å². The van der Waals surface area contributed by atoms with Gasteiger partial charge in [-0.3, -0.25) is 4.99 Å². The molecule has 0 saturated carbocycles. The first-order valence-electron chi connectivity index (χ1n) is 11.2. The maximum atomic E-state index is 5.49. The van der Waals surface area contributed by atoms with Crippen LogP contribution in [0, 0.1) is 0 Å². The highest BCUT2D eigenvalue weighted by atomic mass is 35.5. The van der Waals surface area contributed by atoms with E-state index < -0.39 is 0 Å². The highest BCUT2D eigenvalue weighted by Crippen LogP contribution is 2.38. The van der Waals surface area contributed by atoms with Gasteiger partial charge in [-0.05, 0) is 47.2 Å². The molecule has 0 amide bonds. The van der Waals surface area contributed by atoms with E-state index in [0.717, 1.165) is 37.3 Å². The fraction of sp³-hybridized carbons (Fsp3) is 0.250. The molecule has 5 nitrogen and oxygen atoms in total. The molecule has 176 valence electrons. The fourth-order valence-electron chi connectivity index (χ4n) is 4.61. The molecule has 2 aliphatic heterocycles. The molecule has 0 fully saturated rings. The van der Waals surface area contributed by atoms with Crippen LogP contribution in [0.4, 0.5) is 0 Å². The van der Waals surface area contributed by atoms with Crippen LogP contribution >= 0.6 is 12.4 Å². The van der Waals surface area contributed by atoms with Gasteiger partial charge >= 0.3 is 0 Å².